The van der Waals surface area contributed by atoms with E-state index < -0.39 is 53.9 Å². The van der Waals surface area contributed by atoms with Crippen molar-refractivity contribution in [1.82, 2.24) is 15.3 Å². The zero-order chi connectivity index (χ0) is 27.8. The first-order valence-corrected chi connectivity index (χ1v) is 11.7. The number of hydrogen-bond donors (Lipinski definition) is 2. The lowest BCUT2D eigenvalue weighted by Crippen LogP contribution is -2.45. The van der Waals surface area contributed by atoms with Gasteiger partial charge in [-0.3, -0.25) is 4.79 Å². The number of carbonyl (C=O) groups excluding carboxylic acids is 1. The fourth-order valence-electron chi connectivity index (χ4n) is 4.24. The highest BCUT2D eigenvalue weighted by Gasteiger charge is 2.53. The molecule has 1 aliphatic heterocycles. The molecule has 2 heterocycles. The van der Waals surface area contributed by atoms with Gasteiger partial charge in [0.2, 0.25) is 0 Å². The maximum Gasteiger partial charge on any atom is 0.419 e. The Labute approximate surface area is 214 Å². The summed E-state index contributed by atoms with van der Waals surface area (Å²) in [6.45, 7) is 3.26. The van der Waals surface area contributed by atoms with Crippen molar-refractivity contribution in [2.75, 3.05) is 25.6 Å². The topological polar surface area (TPSA) is 94.6 Å². The van der Waals surface area contributed by atoms with Gasteiger partial charge in [0.05, 0.1) is 36.1 Å². The molecule has 208 valence electrons. The Bertz CT molecular complexity index is 1190. The van der Waals surface area contributed by atoms with Crippen molar-refractivity contribution in [3.8, 4) is 0 Å². The highest BCUT2D eigenvalue weighted by molar-refractivity contribution is 5.83. The van der Waals surface area contributed by atoms with Crippen LogP contribution >= 0.6 is 0 Å². The largest absolute Gasteiger partial charge is 0.419 e. The van der Waals surface area contributed by atoms with Crippen molar-refractivity contribution in [2.45, 2.75) is 63.3 Å². The number of ether oxygens (including phenoxy) is 3. The minimum atomic E-state index is -4.90. The normalized spacial score (nSPS) is 18.9. The van der Waals surface area contributed by atoms with Gasteiger partial charge in [0, 0.05) is 12.7 Å². The SMILES string of the molecule is COC(C(=O)NC1(C(F)F)CC1)c1nc(C)nc(N[C@H](C)c2cccc(C(F)(F)F)c2F)c1C1OCCO1. The fourth-order valence-corrected chi connectivity index (χ4v) is 4.24. The lowest BCUT2D eigenvalue weighted by molar-refractivity contribution is -0.140. The van der Waals surface area contributed by atoms with Crippen LogP contribution in [0.15, 0.2) is 18.2 Å². The minimum Gasteiger partial charge on any atom is -0.365 e. The summed E-state index contributed by atoms with van der Waals surface area (Å²) in [5, 5.41) is 5.21. The predicted octanol–water partition coefficient (Wildman–Crippen LogP) is 4.76. The fraction of sp³-hybridized carbons (Fsp3) is 0.542. The second kappa shape index (κ2) is 10.7. The van der Waals surface area contributed by atoms with Crippen LogP contribution in [0.1, 0.15) is 66.4 Å². The predicted molar refractivity (Wildman–Crippen MR) is 121 cm³/mol. The molecule has 8 nitrogen and oxygen atoms in total. The third kappa shape index (κ3) is 5.57. The number of rotatable bonds is 9. The van der Waals surface area contributed by atoms with E-state index in [0.29, 0.717) is 6.07 Å². The molecule has 0 spiro atoms. The van der Waals surface area contributed by atoms with Crippen LogP contribution in [0.5, 0.6) is 0 Å². The summed E-state index contributed by atoms with van der Waals surface area (Å²) in [7, 11) is 1.19. The second-order valence-corrected chi connectivity index (χ2v) is 9.13. The van der Waals surface area contributed by atoms with E-state index >= 15 is 0 Å². The number of aromatic nitrogens is 2. The van der Waals surface area contributed by atoms with Gasteiger partial charge in [-0.2, -0.15) is 13.2 Å². The molecule has 2 aliphatic rings. The molecule has 1 aromatic heterocycles. The van der Waals surface area contributed by atoms with Crippen LogP contribution in [0.2, 0.25) is 0 Å². The summed E-state index contributed by atoms with van der Waals surface area (Å²) in [5.74, 6) is -2.21. The first kappa shape index (κ1) is 28.0. The van der Waals surface area contributed by atoms with Gasteiger partial charge in [-0.15, -0.1) is 0 Å². The summed E-state index contributed by atoms with van der Waals surface area (Å²) in [6.07, 6.45) is -10.1. The number of nitrogens with zero attached hydrogens (tertiary/aromatic N) is 2. The van der Waals surface area contributed by atoms with E-state index in [9.17, 15) is 31.1 Å². The standard InChI is InChI=1S/C24H26F6N4O4/c1-11(13-5-4-6-14(16(13)25)24(28,29)30)31-19-15(21-37-9-10-38-21)17(32-12(2)33-19)18(36-3)20(35)34-23(7-8-23)22(26)27/h4-6,11,18,21-22H,7-10H2,1-3H3,(H,34,35)(H,31,32,33)/t11-,18?/m1/s1. The van der Waals surface area contributed by atoms with E-state index in [1.165, 1.54) is 27.0 Å². The highest BCUT2D eigenvalue weighted by atomic mass is 19.4. The maximum absolute atomic E-state index is 14.8. The number of halogens is 6. The van der Waals surface area contributed by atoms with E-state index in [-0.39, 0.29) is 54.5 Å². The Balaban J connectivity index is 1.73. The van der Waals surface area contributed by atoms with E-state index in [1.54, 1.807) is 0 Å². The molecule has 1 amide bonds. The van der Waals surface area contributed by atoms with Gasteiger partial charge in [-0.05, 0) is 32.8 Å². The molecule has 38 heavy (non-hydrogen) atoms. The average Bonchev–Trinajstić information content (AvgIpc) is 3.41. The van der Waals surface area contributed by atoms with Crippen molar-refractivity contribution < 1.29 is 45.3 Å². The molecule has 0 bridgehead atoms. The second-order valence-electron chi connectivity index (χ2n) is 9.13. The molecule has 1 saturated heterocycles. The molecular weight excluding hydrogens is 522 g/mol. The average molecular weight is 548 g/mol. The van der Waals surface area contributed by atoms with Crippen LogP contribution in [-0.4, -0.2) is 48.2 Å². The Morgan fingerprint density at radius 2 is 1.84 bits per heavy atom. The highest BCUT2D eigenvalue weighted by Crippen LogP contribution is 2.42. The molecule has 1 aliphatic carbocycles. The van der Waals surface area contributed by atoms with Crippen molar-refractivity contribution in [1.29, 1.82) is 0 Å². The third-order valence-corrected chi connectivity index (χ3v) is 6.40. The molecule has 2 atom stereocenters. The molecule has 2 fully saturated rings. The number of benzene rings is 1. The van der Waals surface area contributed by atoms with Crippen molar-refractivity contribution in [2.24, 2.45) is 0 Å². The molecule has 4 rings (SSSR count). The van der Waals surface area contributed by atoms with E-state index in [2.05, 4.69) is 20.6 Å². The smallest absolute Gasteiger partial charge is 0.365 e. The minimum absolute atomic E-state index is 0.00597. The van der Waals surface area contributed by atoms with Crippen LogP contribution in [0.3, 0.4) is 0 Å². The summed E-state index contributed by atoms with van der Waals surface area (Å²) < 4.78 is 98.1. The van der Waals surface area contributed by atoms with Gasteiger partial charge in [0.1, 0.15) is 23.0 Å². The number of alkyl halides is 5. The van der Waals surface area contributed by atoms with Gasteiger partial charge in [0.25, 0.3) is 12.3 Å². The van der Waals surface area contributed by atoms with E-state index in [1.807, 2.05) is 0 Å². The summed E-state index contributed by atoms with van der Waals surface area (Å²) in [4.78, 5) is 21.7. The zero-order valence-corrected chi connectivity index (χ0v) is 20.7. The van der Waals surface area contributed by atoms with Crippen molar-refractivity contribution >= 4 is 11.7 Å². The molecule has 2 N–H and O–H groups in total. The van der Waals surface area contributed by atoms with Gasteiger partial charge in [-0.25, -0.2) is 23.1 Å². The molecule has 2 aromatic rings. The van der Waals surface area contributed by atoms with Gasteiger partial charge >= 0.3 is 6.18 Å². The number of hydrogen-bond acceptors (Lipinski definition) is 7. The molecule has 14 heteroatoms. The number of amides is 1. The first-order chi connectivity index (χ1) is 17.9. The van der Waals surface area contributed by atoms with Crippen LogP contribution in [-0.2, 0) is 25.2 Å². The number of aryl methyl sites for hydroxylation is 1. The van der Waals surface area contributed by atoms with E-state index in [0.717, 1.165) is 6.07 Å². The molecular formula is C24H26F6N4O4. The van der Waals surface area contributed by atoms with E-state index in [4.69, 9.17) is 14.2 Å². The quantitative estimate of drug-likeness (QED) is 0.437. The molecule has 0 radical (unpaired) electrons. The number of methoxy groups -OCH3 is 1. The van der Waals surface area contributed by atoms with Crippen LogP contribution in [0.25, 0.3) is 0 Å². The monoisotopic (exact) mass is 548 g/mol. The summed E-state index contributed by atoms with van der Waals surface area (Å²) in [6, 6.07) is 1.88. The maximum atomic E-state index is 14.8. The van der Waals surface area contributed by atoms with Crippen molar-refractivity contribution in [3.05, 3.63) is 52.2 Å². The Morgan fingerprint density at radius 1 is 1.18 bits per heavy atom. The van der Waals surface area contributed by atoms with Gasteiger partial charge in [0.15, 0.2) is 12.4 Å². The molecule has 1 aromatic carbocycles. The third-order valence-electron chi connectivity index (χ3n) is 6.40. The number of nitrogens with one attached hydrogen (secondary N) is 2. The van der Waals surface area contributed by atoms with Crippen LogP contribution in [0.4, 0.5) is 32.2 Å². The van der Waals surface area contributed by atoms with Crippen LogP contribution < -0.4 is 10.6 Å². The van der Waals surface area contributed by atoms with Gasteiger partial charge < -0.3 is 24.8 Å². The Kier molecular flexibility index (Phi) is 7.86. The van der Waals surface area contributed by atoms with Crippen molar-refractivity contribution in [3.63, 3.8) is 0 Å². The summed E-state index contributed by atoms with van der Waals surface area (Å²) in [5.41, 5.74) is -3.32. The molecule has 1 saturated carbocycles. The Hall–Kier alpha value is -2.97. The summed E-state index contributed by atoms with van der Waals surface area (Å²) >= 11 is 0. The van der Waals surface area contributed by atoms with Gasteiger partial charge in [-0.1, -0.05) is 12.1 Å². The zero-order valence-electron chi connectivity index (χ0n) is 20.7. The van der Waals surface area contributed by atoms with Crippen LogP contribution in [0, 0.1) is 12.7 Å². The lowest BCUT2D eigenvalue weighted by Gasteiger charge is -2.26. The number of anilines is 1. The lowest BCUT2D eigenvalue weighted by atomic mass is 10.0. The first-order valence-electron chi connectivity index (χ1n) is 11.7. The Morgan fingerprint density at radius 3 is 2.39 bits per heavy atom. The molecule has 1 unspecified atom stereocenters. The number of carbonyl (C=O) groups is 1.